The van der Waals surface area contributed by atoms with Crippen molar-refractivity contribution in [2.45, 2.75) is 32.5 Å². The van der Waals surface area contributed by atoms with Gasteiger partial charge >= 0.3 is 0 Å². The number of hydrogen-bond donors (Lipinski definition) is 0. The van der Waals surface area contributed by atoms with Gasteiger partial charge in [-0.25, -0.2) is 9.67 Å². The summed E-state index contributed by atoms with van der Waals surface area (Å²) in [7, 11) is 0. The molecule has 2 aromatic heterocycles. The van der Waals surface area contributed by atoms with Crippen molar-refractivity contribution in [3.63, 3.8) is 0 Å². The summed E-state index contributed by atoms with van der Waals surface area (Å²) >= 11 is 0. The van der Waals surface area contributed by atoms with Gasteiger partial charge in [0.05, 0.1) is 17.3 Å². The molecule has 1 fully saturated rings. The molecule has 3 rings (SSSR count). The lowest BCUT2D eigenvalue weighted by atomic mass is 10.0. The second-order valence-corrected chi connectivity index (χ2v) is 6.20. The third-order valence-corrected chi connectivity index (χ3v) is 3.60. The van der Waals surface area contributed by atoms with Crippen molar-refractivity contribution in [2.75, 3.05) is 13.1 Å². The lowest BCUT2D eigenvalue weighted by Crippen LogP contribution is -2.53. The van der Waals surface area contributed by atoms with Crippen molar-refractivity contribution in [2.24, 2.45) is 0 Å². The van der Waals surface area contributed by atoms with Crippen LogP contribution >= 0.6 is 0 Å². The Morgan fingerprint density at radius 1 is 1.36 bits per heavy atom. The minimum Gasteiger partial charge on any atom is -0.369 e. The maximum absolute atomic E-state index is 12.9. The van der Waals surface area contributed by atoms with Crippen molar-refractivity contribution in [3.8, 4) is 5.82 Å². The third kappa shape index (κ3) is 2.87. The second-order valence-electron chi connectivity index (χ2n) is 6.20. The van der Waals surface area contributed by atoms with E-state index in [-0.39, 0.29) is 17.6 Å². The molecule has 1 amide bonds. The predicted molar refractivity (Wildman–Crippen MR) is 81.9 cm³/mol. The van der Waals surface area contributed by atoms with E-state index in [0.717, 1.165) is 0 Å². The molecule has 1 unspecified atom stereocenters. The Labute approximate surface area is 129 Å². The van der Waals surface area contributed by atoms with E-state index in [0.29, 0.717) is 24.5 Å². The molecule has 1 atom stereocenters. The summed E-state index contributed by atoms with van der Waals surface area (Å²) < 4.78 is 7.48. The molecule has 1 aliphatic heterocycles. The quantitative estimate of drug-likeness (QED) is 0.850. The van der Waals surface area contributed by atoms with Crippen LogP contribution in [0.15, 0.2) is 36.8 Å². The topological polar surface area (TPSA) is 60.2 Å². The van der Waals surface area contributed by atoms with Crippen molar-refractivity contribution >= 4 is 5.91 Å². The fourth-order valence-corrected chi connectivity index (χ4v) is 2.92. The van der Waals surface area contributed by atoms with E-state index in [2.05, 4.69) is 10.1 Å². The van der Waals surface area contributed by atoms with Crippen LogP contribution in [0, 0.1) is 0 Å². The van der Waals surface area contributed by atoms with Gasteiger partial charge in [0.25, 0.3) is 5.91 Å². The fourth-order valence-electron chi connectivity index (χ4n) is 2.92. The average molecular weight is 300 g/mol. The van der Waals surface area contributed by atoms with Crippen LogP contribution < -0.4 is 0 Å². The highest BCUT2D eigenvalue weighted by atomic mass is 16.5. The molecule has 0 spiro atoms. The summed E-state index contributed by atoms with van der Waals surface area (Å²) in [6.07, 6.45) is 5.13. The van der Waals surface area contributed by atoms with E-state index in [1.165, 1.54) is 0 Å². The summed E-state index contributed by atoms with van der Waals surface area (Å²) in [5, 5.41) is 4.18. The summed E-state index contributed by atoms with van der Waals surface area (Å²) in [4.78, 5) is 19.1. The molecular formula is C16H20N4O2. The van der Waals surface area contributed by atoms with Crippen LogP contribution in [-0.2, 0) is 4.74 Å². The van der Waals surface area contributed by atoms with Crippen molar-refractivity contribution in [1.29, 1.82) is 0 Å². The Hall–Kier alpha value is -2.21. The highest BCUT2D eigenvalue weighted by molar-refractivity contribution is 5.97. The summed E-state index contributed by atoms with van der Waals surface area (Å²) in [5.41, 5.74) is 0.206. The monoisotopic (exact) mass is 300 g/mol. The molecule has 116 valence electrons. The molecule has 2 aromatic rings. The predicted octanol–water partition coefficient (Wildman–Crippen LogP) is 1.91. The van der Waals surface area contributed by atoms with Gasteiger partial charge in [0.1, 0.15) is 0 Å². The summed E-state index contributed by atoms with van der Waals surface area (Å²) in [6, 6.07) is 5.37. The van der Waals surface area contributed by atoms with E-state index < -0.39 is 0 Å². The number of nitrogens with zero attached hydrogens (tertiary/aromatic N) is 4. The number of pyridine rings is 1. The summed E-state index contributed by atoms with van der Waals surface area (Å²) in [6.45, 7) is 7.12. The SMILES string of the molecule is CC1CN(C(=O)c2cccnc2-n2cccn2)CC(C)(C)O1. The highest BCUT2D eigenvalue weighted by Gasteiger charge is 2.34. The Kier molecular flexibility index (Phi) is 3.70. The normalized spacial score (nSPS) is 20.9. The molecule has 1 saturated heterocycles. The van der Waals surface area contributed by atoms with Gasteiger partial charge in [-0.2, -0.15) is 5.10 Å². The number of aromatic nitrogens is 3. The first kappa shape index (κ1) is 14.7. The first-order chi connectivity index (χ1) is 10.5. The molecule has 1 aliphatic rings. The van der Waals surface area contributed by atoms with Gasteiger partial charge in [-0.05, 0) is 39.0 Å². The lowest BCUT2D eigenvalue weighted by Gasteiger charge is -2.41. The van der Waals surface area contributed by atoms with E-state index in [1.807, 2.05) is 31.7 Å². The summed E-state index contributed by atoms with van der Waals surface area (Å²) in [5.74, 6) is 0.510. The molecule has 0 N–H and O–H groups in total. The number of morpholine rings is 1. The van der Waals surface area contributed by atoms with Gasteiger partial charge in [0.2, 0.25) is 0 Å². The van der Waals surface area contributed by atoms with Crippen LogP contribution in [0.25, 0.3) is 5.82 Å². The lowest BCUT2D eigenvalue weighted by molar-refractivity contribution is -0.118. The zero-order chi connectivity index (χ0) is 15.7. The van der Waals surface area contributed by atoms with Gasteiger partial charge in [-0.1, -0.05) is 0 Å². The van der Waals surface area contributed by atoms with Crippen molar-refractivity contribution in [3.05, 3.63) is 42.4 Å². The molecule has 6 nitrogen and oxygen atoms in total. The zero-order valence-electron chi connectivity index (χ0n) is 13.1. The third-order valence-electron chi connectivity index (χ3n) is 3.60. The van der Waals surface area contributed by atoms with Crippen molar-refractivity contribution < 1.29 is 9.53 Å². The maximum atomic E-state index is 12.9. The molecular weight excluding hydrogens is 280 g/mol. The van der Waals surface area contributed by atoms with E-state index in [9.17, 15) is 4.79 Å². The molecule has 0 bridgehead atoms. The van der Waals surface area contributed by atoms with Gasteiger partial charge in [0, 0.05) is 31.7 Å². The smallest absolute Gasteiger partial charge is 0.257 e. The minimum atomic E-state index is -0.346. The Balaban J connectivity index is 1.93. The Morgan fingerprint density at radius 3 is 2.86 bits per heavy atom. The first-order valence-electron chi connectivity index (χ1n) is 7.38. The molecule has 0 radical (unpaired) electrons. The second kappa shape index (κ2) is 5.53. The first-order valence-corrected chi connectivity index (χ1v) is 7.38. The molecule has 0 aromatic carbocycles. The van der Waals surface area contributed by atoms with Crippen LogP contribution in [-0.4, -0.2) is 50.4 Å². The maximum Gasteiger partial charge on any atom is 0.257 e. The molecule has 6 heteroatoms. The fraction of sp³-hybridized carbons (Fsp3) is 0.438. The number of hydrogen-bond acceptors (Lipinski definition) is 4. The molecule has 22 heavy (non-hydrogen) atoms. The van der Waals surface area contributed by atoms with E-state index >= 15 is 0 Å². The van der Waals surface area contributed by atoms with Crippen LogP contribution in [0.3, 0.4) is 0 Å². The van der Waals surface area contributed by atoms with Gasteiger partial charge in [-0.15, -0.1) is 0 Å². The Morgan fingerprint density at radius 2 is 2.18 bits per heavy atom. The van der Waals surface area contributed by atoms with Gasteiger partial charge in [0.15, 0.2) is 5.82 Å². The largest absolute Gasteiger partial charge is 0.369 e. The molecule has 0 saturated carbocycles. The number of carbonyl (C=O) groups excluding carboxylic acids is 1. The number of amides is 1. The van der Waals surface area contributed by atoms with Crippen LogP contribution in [0.5, 0.6) is 0 Å². The zero-order valence-corrected chi connectivity index (χ0v) is 13.1. The van der Waals surface area contributed by atoms with Gasteiger partial charge in [-0.3, -0.25) is 4.79 Å². The molecule has 0 aliphatic carbocycles. The standard InChI is InChI=1S/C16H20N4O2/c1-12-10-19(11-16(2,3)22-12)15(21)13-6-4-7-17-14(13)20-9-5-8-18-20/h4-9,12H,10-11H2,1-3H3. The number of ether oxygens (including phenoxy) is 1. The highest BCUT2D eigenvalue weighted by Crippen LogP contribution is 2.23. The van der Waals surface area contributed by atoms with E-state index in [1.54, 1.807) is 35.4 Å². The van der Waals surface area contributed by atoms with Crippen LogP contribution in [0.4, 0.5) is 0 Å². The number of carbonyl (C=O) groups is 1. The van der Waals surface area contributed by atoms with E-state index in [4.69, 9.17) is 4.74 Å². The minimum absolute atomic E-state index is 0.0116. The van der Waals surface area contributed by atoms with Crippen LogP contribution in [0.1, 0.15) is 31.1 Å². The van der Waals surface area contributed by atoms with Crippen molar-refractivity contribution in [1.82, 2.24) is 19.7 Å². The number of rotatable bonds is 2. The Bertz CT molecular complexity index is 667. The van der Waals surface area contributed by atoms with Gasteiger partial charge < -0.3 is 9.64 Å². The average Bonchev–Trinajstić information content (AvgIpc) is 2.98. The van der Waals surface area contributed by atoms with Crippen LogP contribution in [0.2, 0.25) is 0 Å². The molecule has 3 heterocycles.